The Balaban J connectivity index is 3.94. The predicted molar refractivity (Wildman–Crippen MR) is 45.8 cm³/mol. The number of nitrogens with zero attached hydrogens (tertiary/aromatic N) is 1. The van der Waals surface area contributed by atoms with Crippen LogP contribution in [0.4, 0.5) is 0 Å². The minimum Gasteiger partial charge on any atom is -0.364 e. The first kappa shape index (κ1) is 8.89. The maximum atomic E-state index is 4.82. The highest BCUT2D eigenvalue weighted by molar-refractivity contribution is 7.78. The molecule has 0 radical (unpaired) electrons. The van der Waals surface area contributed by atoms with Crippen molar-refractivity contribution in [2.24, 2.45) is 0 Å². The lowest BCUT2D eigenvalue weighted by atomic mass is 10.1. The minimum atomic E-state index is 0.191. The molecule has 0 saturated carbocycles. The molecule has 9 heavy (non-hydrogen) atoms. The molecule has 0 bridgehead atoms. The van der Waals surface area contributed by atoms with Gasteiger partial charge in [0.15, 0.2) is 0 Å². The van der Waals surface area contributed by atoms with Gasteiger partial charge in [-0.25, -0.2) is 0 Å². The van der Waals surface area contributed by atoms with Crippen LogP contribution < -0.4 is 0 Å². The van der Waals surface area contributed by atoms with Crippen molar-refractivity contribution in [2.45, 2.75) is 33.2 Å². The average Bonchev–Trinajstić information content (AvgIpc) is 1.65. The first-order valence-corrected chi connectivity index (χ1v) is 3.71. The van der Waals surface area contributed by atoms with E-state index in [1.807, 2.05) is 0 Å². The van der Waals surface area contributed by atoms with E-state index >= 15 is 0 Å². The molecule has 2 heteroatoms. The molecule has 0 aliphatic heterocycles. The van der Waals surface area contributed by atoms with Crippen molar-refractivity contribution in [1.29, 1.82) is 0 Å². The molecule has 0 aliphatic rings. The maximum Gasteiger partial charge on any atom is 0.0645 e. The van der Waals surface area contributed by atoms with Crippen LogP contribution in [-0.4, -0.2) is 22.5 Å². The van der Waals surface area contributed by atoms with E-state index in [1.54, 1.807) is 5.49 Å². The highest BCUT2D eigenvalue weighted by Crippen LogP contribution is 2.09. The van der Waals surface area contributed by atoms with Gasteiger partial charge in [0.25, 0.3) is 0 Å². The highest BCUT2D eigenvalue weighted by atomic mass is 32.1. The van der Waals surface area contributed by atoms with Gasteiger partial charge in [0.05, 0.1) is 5.49 Å². The molecule has 0 amide bonds. The fourth-order valence-corrected chi connectivity index (χ4v) is 1.17. The van der Waals surface area contributed by atoms with Gasteiger partial charge in [0.1, 0.15) is 0 Å². The summed E-state index contributed by atoms with van der Waals surface area (Å²) in [4.78, 5) is 2.13. The Kier molecular flexibility index (Phi) is 3.12. The van der Waals surface area contributed by atoms with Crippen LogP contribution in [0.3, 0.4) is 0 Å². The van der Waals surface area contributed by atoms with E-state index in [9.17, 15) is 0 Å². The van der Waals surface area contributed by atoms with E-state index in [0.717, 1.165) is 6.54 Å². The molecule has 0 N–H and O–H groups in total. The summed E-state index contributed by atoms with van der Waals surface area (Å²) in [6.07, 6.45) is 0. The van der Waals surface area contributed by atoms with Crippen molar-refractivity contribution >= 4 is 17.7 Å². The van der Waals surface area contributed by atoms with Crippen LogP contribution in [0.2, 0.25) is 0 Å². The summed E-state index contributed by atoms with van der Waals surface area (Å²) in [6.45, 7) is 9.55. The third-order valence-corrected chi connectivity index (χ3v) is 1.58. The second-order valence-corrected chi connectivity index (χ2v) is 3.27. The van der Waals surface area contributed by atoms with Crippen molar-refractivity contribution in [3.63, 3.8) is 0 Å². The molecule has 0 saturated heterocycles. The quantitative estimate of drug-likeness (QED) is 0.547. The highest BCUT2D eigenvalue weighted by Gasteiger charge is 2.14. The van der Waals surface area contributed by atoms with Crippen LogP contribution >= 0.6 is 12.2 Å². The summed E-state index contributed by atoms with van der Waals surface area (Å²) in [5.41, 5.74) is 1.91. The SMILES string of the molecule is CCN(C=S)C(C)(C)C. The van der Waals surface area contributed by atoms with E-state index < -0.39 is 0 Å². The Morgan fingerprint density at radius 1 is 1.44 bits per heavy atom. The second-order valence-electron chi connectivity index (χ2n) is 3.06. The van der Waals surface area contributed by atoms with Gasteiger partial charge in [-0.3, -0.25) is 0 Å². The summed E-state index contributed by atoms with van der Waals surface area (Å²) in [6, 6.07) is 0. The van der Waals surface area contributed by atoms with Crippen molar-refractivity contribution < 1.29 is 0 Å². The number of hydrogen-bond acceptors (Lipinski definition) is 1. The number of hydrogen-bond donors (Lipinski definition) is 0. The molecule has 0 atom stereocenters. The molecule has 0 aromatic rings. The molecule has 1 nitrogen and oxygen atoms in total. The standard InChI is InChI=1S/C7H15NS/c1-5-8(6-9)7(2,3)4/h6H,5H2,1-4H3. The smallest absolute Gasteiger partial charge is 0.0645 e. The van der Waals surface area contributed by atoms with Crippen LogP contribution in [0.5, 0.6) is 0 Å². The first-order valence-electron chi connectivity index (χ1n) is 3.24. The molecular formula is C7H15NS. The van der Waals surface area contributed by atoms with Gasteiger partial charge in [-0.05, 0) is 27.7 Å². The van der Waals surface area contributed by atoms with Gasteiger partial charge < -0.3 is 4.90 Å². The van der Waals surface area contributed by atoms with E-state index in [0.29, 0.717) is 0 Å². The largest absolute Gasteiger partial charge is 0.364 e. The van der Waals surface area contributed by atoms with Crippen molar-refractivity contribution in [3.05, 3.63) is 0 Å². The average molecular weight is 145 g/mol. The third kappa shape index (κ3) is 2.80. The van der Waals surface area contributed by atoms with Crippen LogP contribution in [0.15, 0.2) is 0 Å². The number of rotatable bonds is 2. The predicted octanol–water partition coefficient (Wildman–Crippen LogP) is 2.06. The van der Waals surface area contributed by atoms with Gasteiger partial charge in [-0.1, -0.05) is 12.2 Å². The molecule has 0 spiro atoms. The topological polar surface area (TPSA) is 3.24 Å². The Morgan fingerprint density at radius 3 is 1.89 bits per heavy atom. The van der Waals surface area contributed by atoms with Crippen molar-refractivity contribution in [3.8, 4) is 0 Å². The lowest BCUT2D eigenvalue weighted by Gasteiger charge is -2.32. The molecule has 0 unspecified atom stereocenters. The summed E-state index contributed by atoms with van der Waals surface area (Å²) in [5, 5.41) is 0. The monoisotopic (exact) mass is 145 g/mol. The van der Waals surface area contributed by atoms with Crippen LogP contribution in [0.1, 0.15) is 27.7 Å². The van der Waals surface area contributed by atoms with Gasteiger partial charge in [-0.2, -0.15) is 0 Å². The molecule has 0 fully saturated rings. The Labute approximate surface area is 63.0 Å². The van der Waals surface area contributed by atoms with Gasteiger partial charge in [0, 0.05) is 12.1 Å². The van der Waals surface area contributed by atoms with Gasteiger partial charge in [0.2, 0.25) is 0 Å². The zero-order valence-corrected chi connectivity index (χ0v) is 7.46. The van der Waals surface area contributed by atoms with Crippen molar-refractivity contribution in [1.82, 2.24) is 4.90 Å². The molecular weight excluding hydrogens is 130 g/mol. The maximum absolute atomic E-state index is 4.82. The summed E-state index contributed by atoms with van der Waals surface area (Å²) >= 11 is 4.82. The number of thiocarbonyl (C=S) groups is 1. The van der Waals surface area contributed by atoms with Gasteiger partial charge in [-0.15, -0.1) is 0 Å². The Hall–Kier alpha value is -0.110. The second kappa shape index (κ2) is 3.16. The third-order valence-electron chi connectivity index (χ3n) is 1.33. The molecule has 0 rings (SSSR count). The summed E-state index contributed by atoms with van der Waals surface area (Å²) < 4.78 is 0. The summed E-state index contributed by atoms with van der Waals surface area (Å²) in [5.74, 6) is 0. The lowest BCUT2D eigenvalue weighted by Crippen LogP contribution is -2.39. The van der Waals surface area contributed by atoms with Crippen molar-refractivity contribution in [2.75, 3.05) is 6.54 Å². The molecule has 0 aromatic carbocycles. The van der Waals surface area contributed by atoms with E-state index in [2.05, 4.69) is 32.6 Å². The molecule has 0 aromatic heterocycles. The summed E-state index contributed by atoms with van der Waals surface area (Å²) in [7, 11) is 0. The Morgan fingerprint density at radius 2 is 1.89 bits per heavy atom. The Bertz CT molecular complexity index is 93.6. The van der Waals surface area contributed by atoms with Crippen LogP contribution in [0.25, 0.3) is 0 Å². The first-order chi connectivity index (χ1) is 4.02. The molecule has 0 aliphatic carbocycles. The van der Waals surface area contributed by atoms with E-state index in [4.69, 9.17) is 12.2 Å². The fraction of sp³-hybridized carbons (Fsp3) is 0.857. The zero-order chi connectivity index (χ0) is 7.49. The van der Waals surface area contributed by atoms with E-state index in [-0.39, 0.29) is 5.54 Å². The lowest BCUT2D eigenvalue weighted by molar-refractivity contribution is 0.259. The molecule has 54 valence electrons. The van der Waals surface area contributed by atoms with Crippen LogP contribution in [-0.2, 0) is 0 Å². The van der Waals surface area contributed by atoms with E-state index in [1.165, 1.54) is 0 Å². The minimum absolute atomic E-state index is 0.191. The zero-order valence-electron chi connectivity index (χ0n) is 6.64. The van der Waals surface area contributed by atoms with Crippen LogP contribution in [0, 0.1) is 0 Å². The normalized spacial score (nSPS) is 11.1. The molecule has 0 heterocycles. The van der Waals surface area contributed by atoms with Gasteiger partial charge >= 0.3 is 0 Å². The fourth-order valence-electron chi connectivity index (χ4n) is 0.707.